The normalized spacial score (nSPS) is 15.5. The van der Waals surface area contributed by atoms with E-state index in [9.17, 15) is 9.59 Å². The molecule has 1 heterocycles. The minimum atomic E-state index is -0.264. The van der Waals surface area contributed by atoms with Crippen molar-refractivity contribution in [2.75, 3.05) is 19.7 Å². The van der Waals surface area contributed by atoms with E-state index in [4.69, 9.17) is 9.52 Å². The summed E-state index contributed by atoms with van der Waals surface area (Å²) in [6, 6.07) is 3.25. The van der Waals surface area contributed by atoms with Crippen molar-refractivity contribution in [3.05, 3.63) is 24.2 Å². The minimum Gasteiger partial charge on any atom is -0.459 e. The Balaban J connectivity index is 1.54. The smallest absolute Gasteiger partial charge is 0.286 e. The largest absolute Gasteiger partial charge is 0.459 e. The molecule has 0 radical (unpaired) electrons. The third-order valence-electron chi connectivity index (χ3n) is 3.87. The number of hydrogen-bond acceptors (Lipinski definition) is 4. The molecule has 1 aromatic rings. The van der Waals surface area contributed by atoms with Crippen LogP contribution in [-0.4, -0.2) is 36.6 Å². The van der Waals surface area contributed by atoms with E-state index < -0.39 is 0 Å². The maximum Gasteiger partial charge on any atom is 0.286 e. The lowest BCUT2D eigenvalue weighted by Gasteiger charge is -2.14. The van der Waals surface area contributed by atoms with Crippen molar-refractivity contribution in [3.63, 3.8) is 0 Å². The van der Waals surface area contributed by atoms with Crippen LogP contribution in [-0.2, 0) is 4.79 Å². The zero-order chi connectivity index (χ0) is 15.1. The lowest BCUT2D eigenvalue weighted by molar-refractivity contribution is -0.121. The molecular weight excluding hydrogens is 272 g/mol. The van der Waals surface area contributed by atoms with Crippen LogP contribution in [0.2, 0.25) is 0 Å². The lowest BCUT2D eigenvalue weighted by atomic mass is 10.0. The van der Waals surface area contributed by atoms with Crippen LogP contribution in [0.25, 0.3) is 0 Å². The highest BCUT2D eigenvalue weighted by Gasteiger charge is 2.41. The Morgan fingerprint density at radius 3 is 2.76 bits per heavy atom. The summed E-state index contributed by atoms with van der Waals surface area (Å²) in [6.07, 6.45) is 5.33. The molecule has 0 spiro atoms. The molecule has 0 aliphatic heterocycles. The fraction of sp³-hybridized carbons (Fsp3) is 0.600. The van der Waals surface area contributed by atoms with Crippen LogP contribution in [0.15, 0.2) is 22.8 Å². The highest BCUT2D eigenvalue weighted by molar-refractivity contribution is 5.91. The molecule has 0 bridgehead atoms. The first-order valence-electron chi connectivity index (χ1n) is 7.34. The Labute approximate surface area is 123 Å². The topological polar surface area (TPSA) is 91.6 Å². The van der Waals surface area contributed by atoms with Crippen molar-refractivity contribution in [1.82, 2.24) is 10.6 Å². The van der Waals surface area contributed by atoms with Crippen LogP contribution in [0.3, 0.4) is 0 Å². The molecule has 1 fully saturated rings. The van der Waals surface area contributed by atoms with Crippen molar-refractivity contribution >= 4 is 11.8 Å². The molecule has 1 saturated carbocycles. The van der Waals surface area contributed by atoms with Gasteiger partial charge in [0.2, 0.25) is 5.91 Å². The first kappa shape index (κ1) is 15.6. The Hall–Kier alpha value is -1.82. The zero-order valence-corrected chi connectivity index (χ0v) is 12.1. The van der Waals surface area contributed by atoms with Crippen LogP contribution in [0.5, 0.6) is 0 Å². The van der Waals surface area contributed by atoms with E-state index in [0.717, 1.165) is 19.3 Å². The fourth-order valence-corrected chi connectivity index (χ4v) is 2.25. The highest BCUT2D eigenvalue weighted by Crippen LogP contribution is 2.47. The fourth-order valence-electron chi connectivity index (χ4n) is 2.25. The van der Waals surface area contributed by atoms with Crippen molar-refractivity contribution in [2.45, 2.75) is 32.1 Å². The summed E-state index contributed by atoms with van der Waals surface area (Å²) in [6.45, 7) is 1.26. The van der Waals surface area contributed by atoms with Crippen LogP contribution in [0.4, 0.5) is 0 Å². The summed E-state index contributed by atoms with van der Waals surface area (Å²) in [7, 11) is 0. The van der Waals surface area contributed by atoms with Gasteiger partial charge in [0.15, 0.2) is 5.76 Å². The molecule has 1 aliphatic carbocycles. The molecule has 6 heteroatoms. The molecule has 0 unspecified atom stereocenters. The summed E-state index contributed by atoms with van der Waals surface area (Å²) < 4.78 is 4.97. The molecule has 1 aliphatic rings. The summed E-state index contributed by atoms with van der Waals surface area (Å²) >= 11 is 0. The Morgan fingerprint density at radius 2 is 2.14 bits per heavy atom. The van der Waals surface area contributed by atoms with Gasteiger partial charge >= 0.3 is 0 Å². The summed E-state index contributed by atoms with van der Waals surface area (Å²) in [5.74, 6) is 0.00544. The van der Waals surface area contributed by atoms with Gasteiger partial charge in [-0.15, -0.1) is 0 Å². The number of hydrogen-bond donors (Lipinski definition) is 3. The highest BCUT2D eigenvalue weighted by atomic mass is 16.3. The lowest BCUT2D eigenvalue weighted by Crippen LogP contribution is -2.31. The molecule has 0 aromatic carbocycles. The third-order valence-corrected chi connectivity index (χ3v) is 3.87. The van der Waals surface area contributed by atoms with Crippen LogP contribution < -0.4 is 10.6 Å². The van der Waals surface area contributed by atoms with E-state index in [1.807, 2.05) is 0 Å². The van der Waals surface area contributed by atoms with Crippen LogP contribution in [0.1, 0.15) is 42.7 Å². The van der Waals surface area contributed by atoms with Crippen LogP contribution >= 0.6 is 0 Å². The van der Waals surface area contributed by atoms with Gasteiger partial charge in [-0.1, -0.05) is 0 Å². The van der Waals surface area contributed by atoms with Gasteiger partial charge in [0.05, 0.1) is 6.26 Å². The van der Waals surface area contributed by atoms with E-state index in [-0.39, 0.29) is 29.6 Å². The molecular formula is C15H22N2O4. The van der Waals surface area contributed by atoms with Gasteiger partial charge < -0.3 is 20.2 Å². The Morgan fingerprint density at radius 1 is 1.33 bits per heavy atom. The summed E-state index contributed by atoms with van der Waals surface area (Å²) in [5.41, 5.74) is 0.137. The zero-order valence-electron chi connectivity index (χ0n) is 12.1. The van der Waals surface area contributed by atoms with E-state index in [0.29, 0.717) is 25.9 Å². The molecule has 6 nitrogen and oxygen atoms in total. The Kier molecular flexibility index (Phi) is 5.38. The van der Waals surface area contributed by atoms with Crippen molar-refractivity contribution in [1.29, 1.82) is 0 Å². The summed E-state index contributed by atoms with van der Waals surface area (Å²) in [5, 5.41) is 14.6. The van der Waals surface area contributed by atoms with Crippen molar-refractivity contribution in [2.24, 2.45) is 5.41 Å². The first-order chi connectivity index (χ1) is 10.2. The second-order valence-corrected chi connectivity index (χ2v) is 5.59. The monoisotopic (exact) mass is 294 g/mol. The van der Waals surface area contributed by atoms with E-state index >= 15 is 0 Å². The third kappa shape index (κ3) is 4.90. The molecule has 1 aromatic heterocycles. The average Bonchev–Trinajstić information content (AvgIpc) is 3.02. The average molecular weight is 294 g/mol. The molecule has 0 atom stereocenters. The molecule has 0 saturated heterocycles. The number of carbonyl (C=O) groups excluding carboxylic acids is 2. The number of amides is 2. The van der Waals surface area contributed by atoms with Gasteiger partial charge in [0.1, 0.15) is 0 Å². The predicted molar refractivity (Wildman–Crippen MR) is 76.7 cm³/mol. The number of rotatable bonds is 9. The molecule has 3 N–H and O–H groups in total. The van der Waals surface area contributed by atoms with Gasteiger partial charge in [0.25, 0.3) is 5.91 Å². The second kappa shape index (κ2) is 7.26. The van der Waals surface area contributed by atoms with Gasteiger partial charge in [-0.25, -0.2) is 0 Å². The number of carbonyl (C=O) groups is 2. The van der Waals surface area contributed by atoms with Gasteiger partial charge in [-0.2, -0.15) is 0 Å². The molecule has 116 valence electrons. The molecule has 2 amide bonds. The Bertz CT molecular complexity index is 466. The quantitative estimate of drug-likeness (QED) is 0.594. The van der Waals surface area contributed by atoms with Gasteiger partial charge in [-0.3, -0.25) is 9.59 Å². The van der Waals surface area contributed by atoms with E-state index in [1.54, 1.807) is 12.1 Å². The first-order valence-corrected chi connectivity index (χ1v) is 7.34. The maximum atomic E-state index is 11.7. The maximum absolute atomic E-state index is 11.7. The number of nitrogens with one attached hydrogen (secondary N) is 2. The predicted octanol–water partition coefficient (Wildman–Crippen LogP) is 1.07. The van der Waals surface area contributed by atoms with Crippen molar-refractivity contribution in [3.8, 4) is 0 Å². The standard InChI is InChI=1S/C15H22N2O4/c18-9-7-15(5-6-15)11-17-13(19)4-1-8-16-14(20)12-3-2-10-21-12/h2-3,10,18H,1,4-9,11H2,(H,16,20)(H,17,19). The van der Waals surface area contributed by atoms with E-state index in [1.165, 1.54) is 6.26 Å². The molecule has 2 rings (SSSR count). The summed E-state index contributed by atoms with van der Waals surface area (Å²) in [4.78, 5) is 23.2. The number of aliphatic hydroxyl groups is 1. The molecule has 21 heavy (non-hydrogen) atoms. The minimum absolute atomic E-state index is 0.00791. The van der Waals surface area contributed by atoms with E-state index in [2.05, 4.69) is 10.6 Å². The van der Waals surface area contributed by atoms with Crippen LogP contribution in [0, 0.1) is 5.41 Å². The number of furan rings is 1. The second-order valence-electron chi connectivity index (χ2n) is 5.59. The van der Waals surface area contributed by atoms with Gasteiger partial charge in [-0.05, 0) is 43.2 Å². The SMILES string of the molecule is O=C(CCCNC(=O)c1ccco1)NCC1(CCO)CC1. The van der Waals surface area contributed by atoms with Gasteiger partial charge in [0, 0.05) is 26.1 Å². The number of aliphatic hydroxyl groups excluding tert-OH is 1. The van der Waals surface area contributed by atoms with Crippen molar-refractivity contribution < 1.29 is 19.1 Å².